The Hall–Kier alpha value is -2.38. The van der Waals surface area contributed by atoms with Crippen molar-refractivity contribution in [1.82, 2.24) is 24.5 Å². The highest BCUT2D eigenvalue weighted by Crippen LogP contribution is 2.34. The minimum absolute atomic E-state index is 0.0953. The molecule has 11 nitrogen and oxygen atoms in total. The number of ether oxygens (including phenoxy) is 1. The number of anilines is 3. The summed E-state index contributed by atoms with van der Waals surface area (Å²) in [7, 11) is 1.81. The number of amides is 1. The zero-order valence-electron chi connectivity index (χ0n) is 23.2. The minimum atomic E-state index is -3.36. The molecular weight excluding hydrogens is 577 g/mol. The molecule has 2 aromatic rings. The number of aromatic nitrogens is 2. The van der Waals surface area contributed by atoms with Gasteiger partial charge in [-0.15, -0.1) is 0 Å². The van der Waals surface area contributed by atoms with Crippen LogP contribution in [0.5, 0.6) is 5.75 Å². The highest BCUT2D eigenvalue weighted by Gasteiger charge is 2.33. The summed E-state index contributed by atoms with van der Waals surface area (Å²) >= 11 is 13.0. The molecule has 3 N–H and O–H groups in total. The van der Waals surface area contributed by atoms with Gasteiger partial charge in [0, 0.05) is 25.2 Å². The van der Waals surface area contributed by atoms with Crippen molar-refractivity contribution in [2.24, 2.45) is 0 Å². The lowest BCUT2D eigenvalue weighted by Crippen LogP contribution is -2.49. The first-order valence-corrected chi connectivity index (χ1v) is 15.9. The topological polar surface area (TPSA) is 129 Å². The summed E-state index contributed by atoms with van der Waals surface area (Å²) in [4.78, 5) is 24.1. The van der Waals surface area contributed by atoms with Crippen LogP contribution < -0.4 is 20.7 Å². The zero-order chi connectivity index (χ0) is 29.0. The normalized spacial score (nSPS) is 20.8. The molecule has 0 spiro atoms. The molecule has 14 heteroatoms. The predicted octanol–water partition coefficient (Wildman–Crippen LogP) is 3.97. The van der Waals surface area contributed by atoms with Crippen LogP contribution in [0.15, 0.2) is 18.3 Å². The van der Waals surface area contributed by atoms with Gasteiger partial charge in [0.15, 0.2) is 5.82 Å². The van der Waals surface area contributed by atoms with Crippen molar-refractivity contribution in [3.63, 3.8) is 0 Å². The van der Waals surface area contributed by atoms with Crippen LogP contribution in [0.4, 0.5) is 17.5 Å². The number of benzene rings is 1. The molecule has 0 bridgehead atoms. The number of carbonyl (C=O) groups excluding carboxylic acids is 1. The largest absolute Gasteiger partial charge is 0.495 e. The molecule has 2 fully saturated rings. The van der Waals surface area contributed by atoms with Gasteiger partial charge in [0.1, 0.15) is 10.8 Å². The molecule has 2 unspecified atom stereocenters. The average molecular weight is 615 g/mol. The van der Waals surface area contributed by atoms with E-state index in [1.807, 2.05) is 0 Å². The average Bonchev–Trinajstić information content (AvgIpc) is 2.91. The first kappa shape index (κ1) is 30.6. The minimum Gasteiger partial charge on any atom is -0.495 e. The number of likely N-dealkylation sites (tertiary alicyclic amines) is 1. The van der Waals surface area contributed by atoms with Crippen LogP contribution in [0, 0.1) is 0 Å². The standard InChI is InChI=1S/C26H37Cl2N7O4S/c1-34-11-9-16(10-12-34)30-25(36)17-13-23(39-3)21(14-18(17)27)32-26-29-15-19(28)24(33-26)31-20-7-5-6-8-22(20)35(2)40(4,37)38/h13-16,20,22H,5-12H2,1-4H3,(H,30,36)(H2,29,31,32,33). The number of hydrogen-bond acceptors (Lipinski definition) is 9. The quantitative estimate of drug-likeness (QED) is 0.384. The number of rotatable bonds is 9. The van der Waals surface area contributed by atoms with Gasteiger partial charge in [0.2, 0.25) is 16.0 Å². The first-order valence-electron chi connectivity index (χ1n) is 13.3. The van der Waals surface area contributed by atoms with E-state index in [1.165, 1.54) is 23.9 Å². The van der Waals surface area contributed by atoms with Gasteiger partial charge in [-0.2, -0.15) is 4.98 Å². The van der Waals surface area contributed by atoms with E-state index in [-0.39, 0.29) is 35.0 Å². The highest BCUT2D eigenvalue weighted by molar-refractivity contribution is 7.88. The Kier molecular flexibility index (Phi) is 9.99. The number of likely N-dealkylation sites (N-methyl/N-ethyl adjacent to an activating group) is 1. The van der Waals surface area contributed by atoms with E-state index in [0.29, 0.717) is 27.8 Å². The Morgan fingerprint density at radius 3 is 2.50 bits per heavy atom. The lowest BCUT2D eigenvalue weighted by molar-refractivity contribution is 0.0916. The van der Waals surface area contributed by atoms with Crippen molar-refractivity contribution in [3.05, 3.63) is 33.9 Å². The van der Waals surface area contributed by atoms with Crippen molar-refractivity contribution >= 4 is 56.6 Å². The van der Waals surface area contributed by atoms with Crippen LogP contribution in [-0.2, 0) is 10.0 Å². The van der Waals surface area contributed by atoms with Gasteiger partial charge in [-0.1, -0.05) is 36.0 Å². The molecule has 1 aliphatic heterocycles. The van der Waals surface area contributed by atoms with Gasteiger partial charge >= 0.3 is 0 Å². The van der Waals surface area contributed by atoms with Crippen LogP contribution >= 0.6 is 23.2 Å². The highest BCUT2D eigenvalue weighted by atomic mass is 35.5. The smallest absolute Gasteiger partial charge is 0.253 e. The molecule has 1 amide bonds. The number of halogens is 2. The zero-order valence-corrected chi connectivity index (χ0v) is 25.5. The maximum Gasteiger partial charge on any atom is 0.253 e. The Balaban J connectivity index is 1.51. The van der Waals surface area contributed by atoms with Gasteiger partial charge in [0.05, 0.1) is 35.8 Å². The summed E-state index contributed by atoms with van der Waals surface area (Å²) in [5, 5.41) is 10.1. The second-order valence-corrected chi connectivity index (χ2v) is 13.3. The monoisotopic (exact) mass is 613 g/mol. The fourth-order valence-electron chi connectivity index (χ4n) is 5.20. The van der Waals surface area contributed by atoms with Gasteiger partial charge in [-0.25, -0.2) is 17.7 Å². The van der Waals surface area contributed by atoms with Crippen LogP contribution in [0.25, 0.3) is 0 Å². The Labute approximate surface area is 246 Å². The third-order valence-corrected chi connectivity index (χ3v) is 9.53. The fourth-order valence-corrected chi connectivity index (χ4v) is 6.33. The summed E-state index contributed by atoms with van der Waals surface area (Å²) in [6.45, 7) is 1.86. The van der Waals surface area contributed by atoms with Crippen LogP contribution in [0.2, 0.25) is 10.0 Å². The molecule has 220 valence electrons. The molecule has 1 aliphatic carbocycles. The summed E-state index contributed by atoms with van der Waals surface area (Å²) in [5.41, 5.74) is 0.796. The van der Waals surface area contributed by atoms with E-state index in [2.05, 4.69) is 37.9 Å². The van der Waals surface area contributed by atoms with E-state index >= 15 is 0 Å². The molecule has 2 atom stereocenters. The summed E-state index contributed by atoms with van der Waals surface area (Å²) in [6, 6.07) is 2.90. The van der Waals surface area contributed by atoms with Crippen LogP contribution in [0.1, 0.15) is 48.9 Å². The second-order valence-electron chi connectivity index (χ2n) is 10.5. The molecule has 2 heterocycles. The SMILES string of the molecule is COc1cc(C(=O)NC2CCN(C)CC2)c(Cl)cc1Nc1ncc(Cl)c(NC2CCCCC2N(C)S(C)(=O)=O)n1. The maximum absolute atomic E-state index is 13.0. The van der Waals surface area contributed by atoms with Gasteiger partial charge < -0.3 is 25.6 Å². The predicted molar refractivity (Wildman–Crippen MR) is 159 cm³/mol. The fraction of sp³-hybridized carbons (Fsp3) is 0.577. The Morgan fingerprint density at radius 1 is 1.12 bits per heavy atom. The first-order chi connectivity index (χ1) is 19.0. The number of nitrogens with one attached hydrogen (secondary N) is 3. The van der Waals surface area contributed by atoms with Crippen molar-refractivity contribution in [2.75, 3.05) is 51.2 Å². The number of nitrogens with zero attached hydrogens (tertiary/aromatic N) is 4. The van der Waals surface area contributed by atoms with Gasteiger partial charge in [-0.3, -0.25) is 4.79 Å². The number of carbonyl (C=O) groups is 1. The number of hydrogen-bond donors (Lipinski definition) is 3. The van der Waals surface area contributed by atoms with E-state index < -0.39 is 10.0 Å². The van der Waals surface area contributed by atoms with Gasteiger partial charge in [-0.05, 0) is 58.0 Å². The Bertz CT molecular complexity index is 1320. The number of methoxy groups -OCH3 is 1. The molecule has 4 rings (SSSR count). The summed E-state index contributed by atoms with van der Waals surface area (Å²) < 4.78 is 31.4. The van der Waals surface area contributed by atoms with Crippen molar-refractivity contribution in [1.29, 1.82) is 0 Å². The molecule has 40 heavy (non-hydrogen) atoms. The molecule has 0 radical (unpaired) electrons. The lowest BCUT2D eigenvalue weighted by Gasteiger charge is -2.37. The summed E-state index contributed by atoms with van der Waals surface area (Å²) in [5.74, 6) is 0.763. The maximum atomic E-state index is 13.0. The second kappa shape index (κ2) is 13.1. The Morgan fingerprint density at radius 2 is 1.82 bits per heavy atom. The lowest BCUT2D eigenvalue weighted by atomic mass is 9.90. The van der Waals surface area contributed by atoms with E-state index in [1.54, 1.807) is 19.2 Å². The van der Waals surface area contributed by atoms with Crippen LogP contribution in [0.3, 0.4) is 0 Å². The molecule has 1 aromatic heterocycles. The molecule has 2 aliphatic rings. The van der Waals surface area contributed by atoms with Gasteiger partial charge in [0.25, 0.3) is 5.91 Å². The summed E-state index contributed by atoms with van der Waals surface area (Å²) in [6.07, 6.45) is 7.86. The third kappa shape index (κ3) is 7.47. The molecule has 1 saturated carbocycles. The number of piperidine rings is 1. The van der Waals surface area contributed by atoms with E-state index in [9.17, 15) is 13.2 Å². The molecular formula is C26H37Cl2N7O4S. The molecule has 1 aromatic carbocycles. The van der Waals surface area contributed by atoms with Crippen molar-refractivity contribution in [2.45, 2.75) is 56.7 Å². The van der Waals surface area contributed by atoms with E-state index in [4.69, 9.17) is 27.9 Å². The molecule has 1 saturated heterocycles. The number of sulfonamides is 1. The third-order valence-electron chi connectivity index (χ3n) is 7.62. The van der Waals surface area contributed by atoms with E-state index in [0.717, 1.165) is 51.6 Å². The van der Waals surface area contributed by atoms with Crippen LogP contribution in [-0.4, -0.2) is 92.2 Å². The van der Waals surface area contributed by atoms with Crippen molar-refractivity contribution < 1.29 is 17.9 Å². The van der Waals surface area contributed by atoms with Crippen molar-refractivity contribution in [3.8, 4) is 5.75 Å².